The maximum Gasteiger partial charge on any atom is 0.406 e. The lowest BCUT2D eigenvalue weighted by Gasteiger charge is -2.18. The standard InChI is InChI=1S/C15H17ClF3NO3S/c1-20(9-15(17,18)19)13(21)8-24-7-10-5-11(16)14-12(6-10)22-3-2-4-23-14/h5-6H,2-4,7-9H2,1H3. The zero-order valence-corrected chi connectivity index (χ0v) is 14.6. The van der Waals surface area contributed by atoms with Gasteiger partial charge in [0.1, 0.15) is 6.54 Å². The van der Waals surface area contributed by atoms with E-state index in [4.69, 9.17) is 21.1 Å². The molecule has 0 unspecified atom stereocenters. The van der Waals surface area contributed by atoms with Crippen LogP contribution in [-0.2, 0) is 10.5 Å². The number of nitrogens with zero attached hydrogens (tertiary/aromatic N) is 1. The molecule has 0 saturated heterocycles. The Bertz CT molecular complexity index is 598. The third-order valence-corrected chi connectivity index (χ3v) is 4.47. The maximum atomic E-state index is 12.3. The van der Waals surface area contributed by atoms with E-state index in [-0.39, 0.29) is 5.75 Å². The summed E-state index contributed by atoms with van der Waals surface area (Å²) in [6.07, 6.45) is -3.63. The first-order chi connectivity index (χ1) is 11.3. The van der Waals surface area contributed by atoms with Gasteiger partial charge in [-0.05, 0) is 17.7 Å². The Morgan fingerprint density at radius 1 is 1.33 bits per heavy atom. The second-order valence-corrected chi connectivity index (χ2v) is 6.71. The summed E-state index contributed by atoms with van der Waals surface area (Å²) in [5.74, 6) is 0.874. The number of thioether (sulfide) groups is 1. The molecule has 134 valence electrons. The van der Waals surface area contributed by atoms with Crippen molar-refractivity contribution >= 4 is 29.3 Å². The minimum atomic E-state index is -4.39. The average molecular weight is 384 g/mol. The van der Waals surface area contributed by atoms with Gasteiger partial charge in [0.05, 0.1) is 24.0 Å². The number of amides is 1. The molecule has 0 radical (unpaired) electrons. The molecule has 0 aromatic heterocycles. The predicted octanol–water partition coefficient (Wildman–Crippen LogP) is 3.76. The summed E-state index contributed by atoms with van der Waals surface area (Å²) < 4.78 is 47.8. The lowest BCUT2D eigenvalue weighted by atomic mass is 10.2. The first-order valence-corrected chi connectivity index (χ1v) is 8.76. The van der Waals surface area contributed by atoms with Crippen molar-refractivity contribution in [1.82, 2.24) is 4.90 Å². The van der Waals surface area contributed by atoms with E-state index >= 15 is 0 Å². The van der Waals surface area contributed by atoms with Crippen LogP contribution in [0.2, 0.25) is 5.02 Å². The smallest absolute Gasteiger partial charge is 0.406 e. The quantitative estimate of drug-likeness (QED) is 0.776. The van der Waals surface area contributed by atoms with Gasteiger partial charge in [-0.1, -0.05) is 11.6 Å². The number of alkyl halides is 3. The Morgan fingerprint density at radius 3 is 2.75 bits per heavy atom. The SMILES string of the molecule is CN(CC(F)(F)F)C(=O)CSCc1cc(Cl)c2c(c1)OCCCO2. The molecule has 0 fully saturated rings. The van der Waals surface area contributed by atoms with E-state index in [0.717, 1.165) is 19.0 Å². The first-order valence-electron chi connectivity index (χ1n) is 7.23. The largest absolute Gasteiger partial charge is 0.489 e. The van der Waals surface area contributed by atoms with E-state index < -0.39 is 18.6 Å². The lowest BCUT2D eigenvalue weighted by molar-refractivity contribution is -0.156. The van der Waals surface area contributed by atoms with Gasteiger partial charge >= 0.3 is 6.18 Å². The normalized spacial score (nSPS) is 14.2. The number of halogens is 4. The van der Waals surface area contributed by atoms with E-state index in [0.29, 0.717) is 40.4 Å². The summed E-state index contributed by atoms with van der Waals surface area (Å²) >= 11 is 7.39. The second kappa shape index (κ2) is 8.20. The Labute approximate surface area is 147 Å². The van der Waals surface area contributed by atoms with Crippen LogP contribution < -0.4 is 9.47 Å². The fourth-order valence-corrected chi connectivity index (χ4v) is 3.28. The molecular formula is C15H17ClF3NO3S. The molecule has 1 heterocycles. The summed E-state index contributed by atoms with van der Waals surface area (Å²) in [4.78, 5) is 12.4. The molecule has 0 N–H and O–H groups in total. The fraction of sp³-hybridized carbons (Fsp3) is 0.533. The minimum Gasteiger partial charge on any atom is -0.489 e. The number of hydrogen-bond acceptors (Lipinski definition) is 4. The molecule has 1 aliphatic rings. The molecule has 0 aliphatic carbocycles. The van der Waals surface area contributed by atoms with Gasteiger partial charge in [-0.15, -0.1) is 11.8 Å². The molecule has 0 spiro atoms. The number of carbonyl (C=O) groups excluding carboxylic acids is 1. The van der Waals surface area contributed by atoms with Gasteiger partial charge in [0.2, 0.25) is 5.91 Å². The Hall–Kier alpha value is -1.28. The lowest BCUT2D eigenvalue weighted by Crippen LogP contribution is -2.36. The highest BCUT2D eigenvalue weighted by Crippen LogP contribution is 2.38. The van der Waals surface area contributed by atoms with Gasteiger partial charge < -0.3 is 14.4 Å². The van der Waals surface area contributed by atoms with Crippen LogP contribution in [0.25, 0.3) is 0 Å². The van der Waals surface area contributed by atoms with Crippen molar-refractivity contribution in [2.45, 2.75) is 18.3 Å². The molecule has 4 nitrogen and oxygen atoms in total. The average Bonchev–Trinajstić information content (AvgIpc) is 2.71. The molecule has 24 heavy (non-hydrogen) atoms. The molecule has 1 aromatic rings. The fourth-order valence-electron chi connectivity index (χ4n) is 2.09. The summed E-state index contributed by atoms with van der Waals surface area (Å²) in [5.41, 5.74) is 0.820. The summed E-state index contributed by atoms with van der Waals surface area (Å²) in [5, 5.41) is 0.422. The van der Waals surface area contributed by atoms with Crippen LogP contribution in [0.15, 0.2) is 12.1 Å². The number of hydrogen-bond donors (Lipinski definition) is 0. The van der Waals surface area contributed by atoms with E-state index in [1.54, 1.807) is 12.1 Å². The topological polar surface area (TPSA) is 38.8 Å². The van der Waals surface area contributed by atoms with Gasteiger partial charge in [0.25, 0.3) is 0 Å². The van der Waals surface area contributed by atoms with Gasteiger partial charge in [-0.25, -0.2) is 0 Å². The molecule has 0 saturated carbocycles. The van der Waals surface area contributed by atoms with Crippen LogP contribution >= 0.6 is 23.4 Å². The summed E-state index contributed by atoms with van der Waals surface area (Å²) in [6.45, 7) is -0.191. The maximum absolute atomic E-state index is 12.3. The third kappa shape index (κ3) is 5.66. The van der Waals surface area contributed by atoms with Crippen LogP contribution in [0.4, 0.5) is 13.2 Å². The number of carbonyl (C=O) groups is 1. The van der Waals surface area contributed by atoms with Crippen molar-refractivity contribution in [2.75, 3.05) is 32.6 Å². The zero-order chi connectivity index (χ0) is 17.7. The Kier molecular flexibility index (Phi) is 6.51. The molecule has 1 amide bonds. The van der Waals surface area contributed by atoms with E-state index in [1.807, 2.05) is 0 Å². The van der Waals surface area contributed by atoms with Crippen molar-refractivity contribution in [3.05, 3.63) is 22.7 Å². The van der Waals surface area contributed by atoms with E-state index in [9.17, 15) is 18.0 Å². The molecule has 0 bridgehead atoms. The summed E-state index contributed by atoms with van der Waals surface area (Å²) in [6, 6.07) is 3.50. The van der Waals surface area contributed by atoms with Crippen molar-refractivity contribution in [1.29, 1.82) is 0 Å². The molecular weight excluding hydrogens is 367 g/mol. The van der Waals surface area contributed by atoms with Gasteiger partial charge in [-0.3, -0.25) is 4.79 Å². The van der Waals surface area contributed by atoms with Crippen LogP contribution in [0.5, 0.6) is 11.5 Å². The highest BCUT2D eigenvalue weighted by molar-refractivity contribution is 7.99. The van der Waals surface area contributed by atoms with Crippen LogP contribution in [-0.4, -0.2) is 49.5 Å². The predicted molar refractivity (Wildman–Crippen MR) is 86.9 cm³/mol. The van der Waals surface area contributed by atoms with Crippen molar-refractivity contribution < 1.29 is 27.4 Å². The van der Waals surface area contributed by atoms with Crippen molar-refractivity contribution in [3.8, 4) is 11.5 Å². The molecule has 2 rings (SSSR count). The van der Waals surface area contributed by atoms with Crippen LogP contribution in [0, 0.1) is 0 Å². The molecule has 9 heteroatoms. The highest BCUT2D eigenvalue weighted by Gasteiger charge is 2.31. The Morgan fingerprint density at radius 2 is 2.04 bits per heavy atom. The molecule has 1 aromatic carbocycles. The minimum absolute atomic E-state index is 0.0430. The van der Waals surface area contributed by atoms with Crippen molar-refractivity contribution in [2.24, 2.45) is 0 Å². The van der Waals surface area contributed by atoms with Gasteiger partial charge in [-0.2, -0.15) is 13.2 Å². The number of rotatable bonds is 5. The van der Waals surface area contributed by atoms with E-state index in [2.05, 4.69) is 0 Å². The van der Waals surface area contributed by atoms with Gasteiger partial charge in [0, 0.05) is 19.2 Å². The first kappa shape index (κ1) is 19.1. The highest BCUT2D eigenvalue weighted by atomic mass is 35.5. The number of benzene rings is 1. The van der Waals surface area contributed by atoms with Crippen molar-refractivity contribution in [3.63, 3.8) is 0 Å². The van der Waals surface area contributed by atoms with Gasteiger partial charge in [0.15, 0.2) is 11.5 Å². The van der Waals surface area contributed by atoms with Crippen LogP contribution in [0.3, 0.4) is 0 Å². The number of ether oxygens (including phenoxy) is 2. The van der Waals surface area contributed by atoms with E-state index in [1.165, 1.54) is 11.8 Å². The summed E-state index contributed by atoms with van der Waals surface area (Å²) in [7, 11) is 1.14. The van der Waals surface area contributed by atoms with Crippen LogP contribution in [0.1, 0.15) is 12.0 Å². The monoisotopic (exact) mass is 383 g/mol. The Balaban J connectivity index is 1.89. The molecule has 1 aliphatic heterocycles. The third-order valence-electron chi connectivity index (χ3n) is 3.20. The zero-order valence-electron chi connectivity index (χ0n) is 13.0. The molecule has 0 atom stereocenters. The number of fused-ring (bicyclic) bond motifs is 1. The second-order valence-electron chi connectivity index (χ2n) is 5.31.